The summed E-state index contributed by atoms with van der Waals surface area (Å²) < 4.78 is 11.2. The predicted octanol–water partition coefficient (Wildman–Crippen LogP) is 2.46. The molecule has 0 radical (unpaired) electrons. The van der Waals surface area contributed by atoms with Crippen molar-refractivity contribution in [2.45, 2.75) is 31.9 Å². The van der Waals surface area contributed by atoms with Crippen molar-refractivity contribution in [3.8, 4) is 5.75 Å². The van der Waals surface area contributed by atoms with Gasteiger partial charge in [0.05, 0.1) is 12.7 Å². The smallest absolute Gasteiger partial charge is 0.119 e. The standard InChI is InChI=1S/C17H28N2O2/c1-4-20-15-9-7-14(8-10-15)17(18-2)13-19(3)12-16-6-5-11-21-16/h7-10,16-18H,4-6,11-13H2,1-3H3. The largest absolute Gasteiger partial charge is 0.494 e. The topological polar surface area (TPSA) is 33.7 Å². The molecule has 2 atom stereocenters. The van der Waals surface area contributed by atoms with Crippen molar-refractivity contribution in [2.24, 2.45) is 0 Å². The number of likely N-dealkylation sites (N-methyl/N-ethyl adjacent to an activating group) is 2. The maximum absolute atomic E-state index is 5.71. The first kappa shape index (κ1) is 16.3. The highest BCUT2D eigenvalue weighted by atomic mass is 16.5. The average Bonchev–Trinajstić information content (AvgIpc) is 2.99. The van der Waals surface area contributed by atoms with Crippen molar-refractivity contribution in [1.29, 1.82) is 0 Å². The van der Waals surface area contributed by atoms with Crippen LogP contribution in [0.2, 0.25) is 0 Å². The molecular weight excluding hydrogens is 264 g/mol. The molecule has 1 aliphatic rings. The fraction of sp³-hybridized carbons (Fsp3) is 0.647. The highest BCUT2D eigenvalue weighted by Crippen LogP contribution is 2.19. The Balaban J connectivity index is 1.88. The lowest BCUT2D eigenvalue weighted by molar-refractivity contribution is 0.0787. The zero-order chi connectivity index (χ0) is 15.1. The molecule has 2 rings (SSSR count). The molecule has 1 N–H and O–H groups in total. The predicted molar refractivity (Wildman–Crippen MR) is 85.9 cm³/mol. The average molecular weight is 292 g/mol. The van der Waals surface area contributed by atoms with Crippen molar-refractivity contribution in [3.05, 3.63) is 29.8 Å². The van der Waals surface area contributed by atoms with Gasteiger partial charge >= 0.3 is 0 Å². The van der Waals surface area contributed by atoms with Gasteiger partial charge in [0.1, 0.15) is 5.75 Å². The third-order valence-corrected chi connectivity index (χ3v) is 3.98. The fourth-order valence-corrected chi connectivity index (χ4v) is 2.85. The first-order valence-corrected chi connectivity index (χ1v) is 7.93. The highest BCUT2D eigenvalue weighted by Gasteiger charge is 2.19. The Hall–Kier alpha value is -1.10. The molecule has 0 aliphatic carbocycles. The van der Waals surface area contributed by atoms with Crippen LogP contribution in [0.1, 0.15) is 31.4 Å². The number of ether oxygens (including phenoxy) is 2. The molecule has 21 heavy (non-hydrogen) atoms. The number of nitrogens with zero attached hydrogens (tertiary/aromatic N) is 1. The first-order valence-electron chi connectivity index (χ1n) is 7.93. The maximum atomic E-state index is 5.71. The molecule has 1 heterocycles. The van der Waals surface area contributed by atoms with E-state index in [1.54, 1.807) is 0 Å². The molecule has 0 saturated carbocycles. The Morgan fingerprint density at radius 2 is 2.14 bits per heavy atom. The van der Waals surface area contributed by atoms with Crippen LogP contribution in [-0.2, 0) is 4.74 Å². The quantitative estimate of drug-likeness (QED) is 0.798. The van der Waals surface area contributed by atoms with Gasteiger partial charge < -0.3 is 19.7 Å². The van der Waals surface area contributed by atoms with E-state index in [0.717, 1.165) is 25.4 Å². The summed E-state index contributed by atoms with van der Waals surface area (Å²) in [6, 6.07) is 8.71. The lowest BCUT2D eigenvalue weighted by atomic mass is 10.1. The molecule has 2 unspecified atom stereocenters. The van der Waals surface area contributed by atoms with Crippen LogP contribution in [0.3, 0.4) is 0 Å². The van der Waals surface area contributed by atoms with E-state index in [2.05, 4.69) is 29.4 Å². The van der Waals surface area contributed by atoms with Crippen LogP contribution in [0.5, 0.6) is 5.75 Å². The minimum Gasteiger partial charge on any atom is -0.494 e. The van der Waals surface area contributed by atoms with E-state index >= 15 is 0 Å². The van der Waals surface area contributed by atoms with Gasteiger partial charge in [-0.25, -0.2) is 0 Å². The van der Waals surface area contributed by atoms with E-state index in [-0.39, 0.29) is 0 Å². The van der Waals surface area contributed by atoms with E-state index in [0.29, 0.717) is 18.8 Å². The zero-order valence-corrected chi connectivity index (χ0v) is 13.5. The van der Waals surface area contributed by atoms with Crippen LogP contribution in [0.25, 0.3) is 0 Å². The van der Waals surface area contributed by atoms with Gasteiger partial charge in [0.25, 0.3) is 0 Å². The molecule has 4 heteroatoms. The first-order chi connectivity index (χ1) is 10.2. The second kappa shape index (κ2) is 8.37. The van der Waals surface area contributed by atoms with Crippen molar-refractivity contribution in [2.75, 3.05) is 40.4 Å². The highest BCUT2D eigenvalue weighted by molar-refractivity contribution is 5.29. The summed E-state index contributed by atoms with van der Waals surface area (Å²) in [6.07, 6.45) is 2.80. The molecule has 0 bridgehead atoms. The maximum Gasteiger partial charge on any atom is 0.119 e. The summed E-state index contributed by atoms with van der Waals surface area (Å²) in [4.78, 5) is 2.35. The van der Waals surface area contributed by atoms with Gasteiger partial charge in [-0.2, -0.15) is 0 Å². The molecule has 1 aromatic rings. The van der Waals surface area contributed by atoms with Crippen molar-refractivity contribution in [3.63, 3.8) is 0 Å². The minimum atomic E-state index is 0.326. The van der Waals surface area contributed by atoms with E-state index in [4.69, 9.17) is 9.47 Å². The van der Waals surface area contributed by atoms with Crippen LogP contribution in [0.4, 0.5) is 0 Å². The molecule has 1 fully saturated rings. The van der Waals surface area contributed by atoms with E-state index in [1.165, 1.54) is 18.4 Å². The number of benzene rings is 1. The molecular formula is C17H28N2O2. The molecule has 0 spiro atoms. The van der Waals surface area contributed by atoms with Crippen LogP contribution in [-0.4, -0.2) is 51.4 Å². The summed E-state index contributed by atoms with van der Waals surface area (Å²) in [5.74, 6) is 0.934. The molecule has 0 amide bonds. The SMILES string of the molecule is CCOc1ccc(C(CN(C)CC2CCCO2)NC)cc1. The third-order valence-electron chi connectivity index (χ3n) is 3.98. The fourth-order valence-electron chi connectivity index (χ4n) is 2.85. The van der Waals surface area contributed by atoms with Gasteiger partial charge in [-0.15, -0.1) is 0 Å². The van der Waals surface area contributed by atoms with Gasteiger partial charge in [0.15, 0.2) is 0 Å². The second-order valence-corrected chi connectivity index (χ2v) is 5.70. The van der Waals surface area contributed by atoms with Gasteiger partial charge in [-0.3, -0.25) is 0 Å². The summed E-state index contributed by atoms with van der Waals surface area (Å²) in [5, 5.41) is 3.40. The molecule has 0 aromatic heterocycles. The lowest BCUT2D eigenvalue weighted by Gasteiger charge is -2.26. The Morgan fingerprint density at radius 1 is 1.38 bits per heavy atom. The molecule has 118 valence electrons. The van der Waals surface area contributed by atoms with Crippen LogP contribution in [0.15, 0.2) is 24.3 Å². The Morgan fingerprint density at radius 3 is 2.71 bits per heavy atom. The summed E-state index contributed by atoms with van der Waals surface area (Å²) >= 11 is 0. The molecule has 4 nitrogen and oxygen atoms in total. The van der Waals surface area contributed by atoms with E-state index < -0.39 is 0 Å². The summed E-state index contributed by atoms with van der Waals surface area (Å²) in [6.45, 7) is 5.62. The second-order valence-electron chi connectivity index (χ2n) is 5.70. The molecule has 1 saturated heterocycles. The van der Waals surface area contributed by atoms with Crippen molar-refractivity contribution < 1.29 is 9.47 Å². The van der Waals surface area contributed by atoms with Crippen molar-refractivity contribution >= 4 is 0 Å². The Bertz CT molecular complexity index is 402. The van der Waals surface area contributed by atoms with Crippen molar-refractivity contribution in [1.82, 2.24) is 10.2 Å². The normalized spacial score (nSPS) is 19.9. The van der Waals surface area contributed by atoms with Crippen LogP contribution < -0.4 is 10.1 Å². The van der Waals surface area contributed by atoms with Gasteiger partial charge in [0, 0.05) is 25.7 Å². The monoisotopic (exact) mass is 292 g/mol. The Kier molecular flexibility index (Phi) is 6.49. The zero-order valence-electron chi connectivity index (χ0n) is 13.5. The number of nitrogens with one attached hydrogen (secondary N) is 1. The summed E-state index contributed by atoms with van der Waals surface area (Å²) in [5.41, 5.74) is 1.29. The number of hydrogen-bond donors (Lipinski definition) is 1. The number of hydrogen-bond acceptors (Lipinski definition) is 4. The Labute approximate surface area is 128 Å². The van der Waals surface area contributed by atoms with Gasteiger partial charge in [-0.1, -0.05) is 12.1 Å². The van der Waals surface area contributed by atoms with Gasteiger partial charge in [0.2, 0.25) is 0 Å². The molecule has 1 aliphatic heterocycles. The summed E-state index contributed by atoms with van der Waals surface area (Å²) in [7, 11) is 4.18. The number of rotatable bonds is 8. The lowest BCUT2D eigenvalue weighted by Crippen LogP contribution is -2.35. The van der Waals surface area contributed by atoms with E-state index in [1.807, 2.05) is 26.1 Å². The molecule has 1 aromatic carbocycles. The minimum absolute atomic E-state index is 0.326. The van der Waals surface area contributed by atoms with Gasteiger partial charge in [-0.05, 0) is 51.6 Å². The van der Waals surface area contributed by atoms with Crippen LogP contribution in [0, 0.1) is 0 Å². The van der Waals surface area contributed by atoms with Crippen LogP contribution >= 0.6 is 0 Å². The van der Waals surface area contributed by atoms with E-state index in [9.17, 15) is 0 Å². The third kappa shape index (κ3) is 4.99.